The Hall–Kier alpha value is -7.41. The molecule has 2 aliphatic rings. The van der Waals surface area contributed by atoms with E-state index in [0.717, 1.165) is 16.8 Å². The Morgan fingerprint density at radius 2 is 1.52 bits per heavy atom. The van der Waals surface area contributed by atoms with Crippen LogP contribution in [0, 0.1) is 42.4 Å². The number of hydrogen-bond donors (Lipinski definition) is 0. The number of allylic oxidation sites excluding steroid dienone is 13. The largest absolute Gasteiger partial charge is 0.763 e. The number of ether oxygens (including phenoxy) is 1. The fraction of sp³-hybridized carbons (Fsp3) is 0.190. The Morgan fingerprint density at radius 3 is 2.06 bits per heavy atom. The lowest BCUT2D eigenvalue weighted by Gasteiger charge is -2.37. The third kappa shape index (κ3) is 8.98. The lowest BCUT2D eigenvalue weighted by Crippen LogP contribution is -2.48. The van der Waals surface area contributed by atoms with E-state index in [1.54, 1.807) is 84.7 Å². The molecule has 0 aromatic heterocycles. The molecule has 0 saturated carbocycles. The van der Waals surface area contributed by atoms with Gasteiger partial charge in [-0.2, -0.15) is 15.0 Å². The molecule has 1 saturated heterocycles. The number of rotatable bonds is 10. The highest BCUT2D eigenvalue weighted by Gasteiger charge is 2.28. The second kappa shape index (κ2) is 19.0. The van der Waals surface area contributed by atoms with Crippen LogP contribution in [0.15, 0.2) is 137 Å². The van der Waals surface area contributed by atoms with Crippen molar-refractivity contribution in [1.82, 2.24) is 9.80 Å². The van der Waals surface area contributed by atoms with Crippen LogP contribution in [0.1, 0.15) is 30.9 Å². The maximum absolute atomic E-state index is 12.4. The number of amides is 1. The van der Waals surface area contributed by atoms with Crippen molar-refractivity contribution < 1.29 is 9.53 Å². The zero-order valence-electron chi connectivity index (χ0n) is 28.6. The van der Waals surface area contributed by atoms with E-state index in [1.165, 1.54) is 0 Å². The van der Waals surface area contributed by atoms with E-state index in [9.17, 15) is 20.7 Å². The minimum atomic E-state index is -0.353. The van der Waals surface area contributed by atoms with Crippen LogP contribution in [0.4, 0.5) is 4.79 Å². The molecule has 2 aromatic carbocycles. The molecule has 1 amide bonds. The van der Waals surface area contributed by atoms with Crippen molar-refractivity contribution in [3.05, 3.63) is 187 Å². The number of nitriles is 2. The van der Waals surface area contributed by atoms with E-state index in [0.29, 0.717) is 56.8 Å². The molecule has 10 nitrogen and oxygen atoms in total. The summed E-state index contributed by atoms with van der Waals surface area (Å²) in [4.78, 5) is 26.4. The predicted octanol–water partition coefficient (Wildman–Crippen LogP) is 8.52. The Kier molecular flexibility index (Phi) is 13.6. The number of hydrogen-bond acceptors (Lipinski definition) is 5. The van der Waals surface area contributed by atoms with Gasteiger partial charge in [-0.25, -0.2) is 14.9 Å². The second-order valence-corrected chi connectivity index (χ2v) is 11.3. The number of nitrogens with zero attached hydrogens (tertiary/aromatic N) is 8. The van der Waals surface area contributed by atoms with E-state index in [2.05, 4.69) is 31.4 Å². The van der Waals surface area contributed by atoms with E-state index in [-0.39, 0.29) is 39.9 Å². The van der Waals surface area contributed by atoms with Gasteiger partial charge in [0.25, 0.3) is 5.70 Å². The summed E-state index contributed by atoms with van der Waals surface area (Å²) in [6, 6.07) is 21.9. The molecule has 0 radical (unpaired) electrons. The van der Waals surface area contributed by atoms with E-state index < -0.39 is 0 Å². The van der Waals surface area contributed by atoms with Gasteiger partial charge in [-0.15, -0.1) is 0 Å². The smallest absolute Gasteiger partial charge is 0.528 e. The summed E-state index contributed by atoms with van der Waals surface area (Å²) in [5, 5.41) is 29.9. The summed E-state index contributed by atoms with van der Waals surface area (Å²) in [5.41, 5.74) is 4.86. The standard InChI is InChI=1S/C42H33N8O2/c1-5-52-42(51)50-26-24-49(25-27-50)40-33(18-12-20-35(28-43)38(37(30-45)46-2)31-14-8-6-9-15-31)22-23-34(40)19-13-21-36(29-44)39(41(47-3)48-4)32-16-10-7-11-17-32/h6-21H,5,22-27H2,1H3/q-1/b19-13+,20-12+,33-18+,36-21+,38-37-. The molecule has 1 fully saturated rings. The van der Waals surface area contributed by atoms with Crippen LogP contribution in [0.3, 0.4) is 0 Å². The molecule has 1 aliphatic heterocycles. The van der Waals surface area contributed by atoms with Gasteiger partial charge in [-0.05, 0) is 59.8 Å². The van der Waals surface area contributed by atoms with Crippen LogP contribution in [0.25, 0.3) is 31.1 Å². The van der Waals surface area contributed by atoms with Gasteiger partial charge in [-0.1, -0.05) is 85.0 Å². The normalized spacial score (nSPS) is 15.5. The molecular formula is C42H33N8O2-. The average molecular weight is 682 g/mol. The van der Waals surface area contributed by atoms with Gasteiger partial charge in [0, 0.05) is 37.4 Å². The van der Waals surface area contributed by atoms with Crippen molar-refractivity contribution in [3.63, 3.8) is 0 Å². The second-order valence-electron chi connectivity index (χ2n) is 11.3. The molecule has 1 heterocycles. The molecule has 0 spiro atoms. The maximum atomic E-state index is 12.4. The number of carbonyl (C=O) groups excluding carboxylic acids is 1. The highest BCUT2D eigenvalue weighted by molar-refractivity contribution is 5.95. The fourth-order valence-electron chi connectivity index (χ4n) is 5.95. The molecule has 0 N–H and O–H groups in total. The first-order chi connectivity index (χ1) is 25.4. The van der Waals surface area contributed by atoms with E-state index in [1.807, 2.05) is 30.4 Å². The summed E-state index contributed by atoms with van der Waals surface area (Å²) in [6.45, 7) is 26.7. The first kappa shape index (κ1) is 37.4. The highest BCUT2D eigenvalue weighted by atomic mass is 16.6. The molecule has 0 bridgehead atoms. The Bertz CT molecular complexity index is 2140. The predicted molar refractivity (Wildman–Crippen MR) is 201 cm³/mol. The lowest BCUT2D eigenvalue weighted by atomic mass is 9.96. The zero-order chi connectivity index (χ0) is 37.3. The third-order valence-corrected chi connectivity index (χ3v) is 8.31. The quantitative estimate of drug-likeness (QED) is 0.108. The third-order valence-electron chi connectivity index (χ3n) is 8.31. The average Bonchev–Trinajstić information content (AvgIpc) is 3.59. The molecule has 0 atom stereocenters. The summed E-state index contributed by atoms with van der Waals surface area (Å²) >= 11 is 0. The number of piperazine rings is 1. The molecule has 10 heteroatoms. The summed E-state index contributed by atoms with van der Waals surface area (Å²) < 4.78 is 5.21. The van der Waals surface area contributed by atoms with Crippen LogP contribution in [-0.4, -0.2) is 54.5 Å². The van der Waals surface area contributed by atoms with E-state index in [4.69, 9.17) is 24.5 Å². The molecule has 2 aromatic rings. The highest BCUT2D eigenvalue weighted by Crippen LogP contribution is 2.36. The van der Waals surface area contributed by atoms with Crippen molar-refractivity contribution in [3.8, 4) is 12.1 Å². The van der Waals surface area contributed by atoms with Gasteiger partial charge in [0.1, 0.15) is 13.1 Å². The van der Waals surface area contributed by atoms with Gasteiger partial charge < -0.3 is 19.9 Å². The zero-order valence-corrected chi connectivity index (χ0v) is 28.6. The van der Waals surface area contributed by atoms with Gasteiger partial charge in [0.2, 0.25) is 0 Å². The molecule has 1 aliphatic carbocycles. The van der Waals surface area contributed by atoms with Crippen LogP contribution in [-0.2, 0) is 4.74 Å². The fourth-order valence-corrected chi connectivity index (χ4v) is 5.95. The minimum absolute atomic E-state index is 0.177. The van der Waals surface area contributed by atoms with Crippen LogP contribution in [0.2, 0.25) is 0 Å². The van der Waals surface area contributed by atoms with Crippen molar-refractivity contribution in [2.24, 2.45) is 0 Å². The van der Waals surface area contributed by atoms with Gasteiger partial charge >= 0.3 is 11.9 Å². The molecule has 52 heavy (non-hydrogen) atoms. The first-order valence-corrected chi connectivity index (χ1v) is 16.4. The summed E-state index contributed by atoms with van der Waals surface area (Å²) in [6.07, 6.45) is 11.6. The topological polar surface area (TPSA) is 116 Å². The van der Waals surface area contributed by atoms with Gasteiger partial charge in [0.05, 0.1) is 36.5 Å². The van der Waals surface area contributed by atoms with Crippen molar-refractivity contribution >= 4 is 23.1 Å². The molecular weight excluding hydrogens is 649 g/mol. The SMILES string of the molecule is [C-]#[N+]C([N+]#[C-])=C(/C(C#N)=C/C=C/C1=C(N2CCN(C(=O)OCC)CC2)C(=C/C=C/C(=C=[N-])/C(=C(/C#N)[N+]#[C-])c2ccccc2)/CC1)c1ccccc1. The molecule has 254 valence electrons. The lowest BCUT2D eigenvalue weighted by molar-refractivity contribution is 0.0873. The Labute approximate surface area is 304 Å². The molecule has 4 rings (SSSR count). The van der Waals surface area contributed by atoms with E-state index >= 15 is 0 Å². The van der Waals surface area contributed by atoms with Gasteiger partial charge in [0.15, 0.2) is 0 Å². The number of benzene rings is 2. The summed E-state index contributed by atoms with van der Waals surface area (Å²) in [7, 11) is 0. The molecule has 0 unspecified atom stereocenters. The maximum Gasteiger partial charge on any atom is 0.528 e. The van der Waals surface area contributed by atoms with Crippen molar-refractivity contribution in [1.29, 1.82) is 10.5 Å². The summed E-state index contributed by atoms with van der Waals surface area (Å²) in [5.74, 6) is 1.96. The monoisotopic (exact) mass is 681 g/mol. The van der Waals surface area contributed by atoms with Crippen LogP contribution in [0.5, 0.6) is 0 Å². The minimum Gasteiger partial charge on any atom is -0.763 e. The Morgan fingerprint density at radius 1 is 0.885 bits per heavy atom. The van der Waals surface area contributed by atoms with Crippen LogP contribution < -0.4 is 0 Å². The van der Waals surface area contributed by atoms with Gasteiger partial charge in [-0.3, -0.25) is 5.87 Å². The number of carbonyl (C=O) groups is 1. The first-order valence-electron chi connectivity index (χ1n) is 16.4. The van der Waals surface area contributed by atoms with Crippen LogP contribution >= 0.6 is 0 Å². The van der Waals surface area contributed by atoms with Crippen molar-refractivity contribution in [2.75, 3.05) is 32.8 Å². The van der Waals surface area contributed by atoms with Crippen molar-refractivity contribution in [2.45, 2.75) is 19.8 Å². The Balaban J connectivity index is 1.75.